The molecule has 2 bridgehead atoms. The molecule has 2 aromatic heterocycles. The highest BCUT2D eigenvalue weighted by atomic mass is 19.1. The number of fused-ring (bicyclic) bond motifs is 5. The van der Waals surface area contributed by atoms with Gasteiger partial charge in [0.1, 0.15) is 23.7 Å². The van der Waals surface area contributed by atoms with E-state index in [4.69, 9.17) is 10.5 Å². The molecule has 0 fully saturated rings. The lowest BCUT2D eigenvalue weighted by Crippen LogP contribution is -2.22. The average molecular weight is 394 g/mol. The third-order valence-corrected chi connectivity index (χ3v) is 4.40. The second-order valence-corrected chi connectivity index (χ2v) is 6.32. The highest BCUT2D eigenvalue weighted by Crippen LogP contribution is 2.35. The van der Waals surface area contributed by atoms with Gasteiger partial charge < -0.3 is 15.8 Å². The Balaban J connectivity index is 1.94. The van der Waals surface area contributed by atoms with Crippen molar-refractivity contribution in [1.82, 2.24) is 19.7 Å². The monoisotopic (exact) mass is 394 g/mol. The van der Waals surface area contributed by atoms with Gasteiger partial charge in [-0.3, -0.25) is 10.00 Å². The van der Waals surface area contributed by atoms with Crippen LogP contribution < -0.4 is 21.1 Å². The zero-order valence-corrected chi connectivity index (χ0v) is 15.4. The number of rotatable bonds is 0. The minimum atomic E-state index is -0.712. The topological polar surface area (TPSA) is 144 Å². The van der Waals surface area contributed by atoms with E-state index in [1.54, 1.807) is 14.0 Å². The molecule has 1 atom stereocenters. The van der Waals surface area contributed by atoms with Crippen LogP contribution in [-0.2, 0) is 7.05 Å². The van der Waals surface area contributed by atoms with Gasteiger partial charge in [-0.1, -0.05) is 0 Å². The molecular formula is C18H15FN8O2. The fraction of sp³-hybridized carbons (Fsp3) is 0.167. The fourth-order valence-corrected chi connectivity index (χ4v) is 3.05. The molecule has 0 spiro atoms. The van der Waals surface area contributed by atoms with Crippen LogP contribution in [0.5, 0.6) is 5.88 Å². The number of nitrogens with zero attached hydrogens (tertiary/aromatic N) is 5. The van der Waals surface area contributed by atoms with Gasteiger partial charge in [-0.15, -0.1) is 0 Å². The predicted octanol–water partition coefficient (Wildman–Crippen LogP) is 2.57. The van der Waals surface area contributed by atoms with Crippen molar-refractivity contribution in [2.75, 3.05) is 16.4 Å². The number of nitriles is 1. The lowest BCUT2D eigenvalue weighted by Gasteiger charge is -2.20. The molecule has 10 nitrogen and oxygen atoms in total. The van der Waals surface area contributed by atoms with Gasteiger partial charge in [0.05, 0.1) is 17.5 Å². The number of amides is 2. The maximum atomic E-state index is 13.8. The second kappa shape index (κ2) is 6.75. The first-order valence-corrected chi connectivity index (χ1v) is 8.51. The first-order chi connectivity index (χ1) is 13.9. The van der Waals surface area contributed by atoms with Crippen LogP contribution in [0, 0.1) is 17.1 Å². The molecule has 3 aromatic rings. The smallest absolute Gasteiger partial charge is 0.324 e. The van der Waals surface area contributed by atoms with E-state index in [0.717, 1.165) is 0 Å². The summed E-state index contributed by atoms with van der Waals surface area (Å²) in [5, 5.41) is 19.0. The number of carbonyl (C=O) groups is 1. The minimum Gasteiger partial charge on any atom is -0.467 e. The molecule has 29 heavy (non-hydrogen) atoms. The van der Waals surface area contributed by atoms with Crippen molar-refractivity contribution >= 4 is 23.4 Å². The van der Waals surface area contributed by atoms with Gasteiger partial charge in [-0.05, 0) is 25.1 Å². The first kappa shape index (κ1) is 18.2. The van der Waals surface area contributed by atoms with Crippen molar-refractivity contribution in [1.29, 1.82) is 5.26 Å². The lowest BCUT2D eigenvalue weighted by molar-refractivity contribution is 0.218. The normalized spacial score (nSPS) is 15.4. The minimum absolute atomic E-state index is 0.0100. The SMILES string of the molecule is CC1Oc2nc(cnc2N)-c2c(nn(C)c2C#N)NC(=O)Nc2ccc(F)cc21. The molecule has 0 radical (unpaired) electrons. The Hall–Kier alpha value is -4.20. The number of hydrogen-bond donors (Lipinski definition) is 3. The number of urea groups is 1. The Morgan fingerprint density at radius 2 is 2.17 bits per heavy atom. The summed E-state index contributed by atoms with van der Waals surface area (Å²) in [7, 11) is 1.56. The van der Waals surface area contributed by atoms with Crippen molar-refractivity contribution in [3.63, 3.8) is 0 Å². The van der Waals surface area contributed by atoms with Crippen molar-refractivity contribution < 1.29 is 13.9 Å². The maximum Gasteiger partial charge on any atom is 0.324 e. The van der Waals surface area contributed by atoms with E-state index in [1.807, 2.05) is 6.07 Å². The Morgan fingerprint density at radius 3 is 2.93 bits per heavy atom. The van der Waals surface area contributed by atoms with Crippen molar-refractivity contribution in [3.05, 3.63) is 41.5 Å². The largest absolute Gasteiger partial charge is 0.467 e. The molecule has 146 valence electrons. The summed E-state index contributed by atoms with van der Waals surface area (Å²) in [6.07, 6.45) is 0.642. The van der Waals surface area contributed by atoms with E-state index in [2.05, 4.69) is 25.7 Å². The third-order valence-electron chi connectivity index (χ3n) is 4.40. The van der Waals surface area contributed by atoms with E-state index >= 15 is 0 Å². The van der Waals surface area contributed by atoms with Crippen LogP contribution in [0.1, 0.15) is 24.3 Å². The van der Waals surface area contributed by atoms with Gasteiger partial charge in [-0.25, -0.2) is 19.2 Å². The number of halogens is 1. The average Bonchev–Trinajstić information content (AvgIpc) is 2.98. The molecule has 11 heteroatoms. The Morgan fingerprint density at radius 1 is 1.38 bits per heavy atom. The van der Waals surface area contributed by atoms with Crippen LogP contribution in [0.2, 0.25) is 0 Å². The van der Waals surface area contributed by atoms with Gasteiger partial charge in [0.25, 0.3) is 5.88 Å². The van der Waals surface area contributed by atoms with Crippen LogP contribution in [0.4, 0.5) is 26.5 Å². The summed E-state index contributed by atoms with van der Waals surface area (Å²) in [5.74, 6) is -0.358. The number of aryl methyl sites for hydroxylation is 1. The zero-order valence-electron chi connectivity index (χ0n) is 15.4. The molecule has 3 heterocycles. The highest BCUT2D eigenvalue weighted by molar-refractivity contribution is 6.02. The quantitative estimate of drug-likeness (QED) is 0.531. The molecular weight excluding hydrogens is 379 g/mol. The van der Waals surface area contributed by atoms with Crippen LogP contribution >= 0.6 is 0 Å². The predicted molar refractivity (Wildman–Crippen MR) is 101 cm³/mol. The fourth-order valence-electron chi connectivity index (χ4n) is 3.05. The molecule has 0 saturated carbocycles. The number of anilines is 3. The molecule has 0 saturated heterocycles. The van der Waals surface area contributed by atoms with Crippen LogP contribution in [0.25, 0.3) is 11.3 Å². The Labute approximate surface area is 164 Å². The molecule has 1 aliphatic heterocycles. The first-order valence-electron chi connectivity index (χ1n) is 8.51. The Bertz CT molecular complexity index is 1180. The molecule has 1 aliphatic rings. The molecule has 0 aliphatic carbocycles. The summed E-state index contributed by atoms with van der Waals surface area (Å²) in [4.78, 5) is 21.0. The summed E-state index contributed by atoms with van der Waals surface area (Å²) in [5.41, 5.74) is 7.29. The molecule has 1 aromatic carbocycles. The number of benzene rings is 1. The van der Waals surface area contributed by atoms with Gasteiger partial charge in [0, 0.05) is 18.3 Å². The second-order valence-electron chi connectivity index (χ2n) is 6.32. The number of ether oxygens (including phenoxy) is 1. The molecule has 4 N–H and O–H groups in total. The number of nitrogens with one attached hydrogen (secondary N) is 2. The van der Waals surface area contributed by atoms with Crippen LogP contribution in [0.15, 0.2) is 24.4 Å². The van der Waals surface area contributed by atoms with Crippen LogP contribution in [-0.4, -0.2) is 25.8 Å². The number of nitrogen functional groups attached to an aromatic ring is 1. The van der Waals surface area contributed by atoms with Gasteiger partial charge in [-0.2, -0.15) is 10.4 Å². The van der Waals surface area contributed by atoms with Gasteiger partial charge in [0.15, 0.2) is 11.6 Å². The Kier molecular flexibility index (Phi) is 4.23. The maximum absolute atomic E-state index is 13.8. The summed E-state index contributed by atoms with van der Waals surface area (Å²) in [6.45, 7) is 1.66. The van der Waals surface area contributed by atoms with Gasteiger partial charge in [0.2, 0.25) is 0 Å². The number of carbonyl (C=O) groups excluding carboxylic acids is 1. The van der Waals surface area contributed by atoms with Gasteiger partial charge >= 0.3 is 6.03 Å². The zero-order chi connectivity index (χ0) is 20.7. The van der Waals surface area contributed by atoms with Crippen molar-refractivity contribution in [2.45, 2.75) is 13.0 Å². The van der Waals surface area contributed by atoms with Crippen molar-refractivity contribution in [2.24, 2.45) is 7.05 Å². The van der Waals surface area contributed by atoms with E-state index in [1.165, 1.54) is 29.1 Å². The van der Waals surface area contributed by atoms with Crippen molar-refractivity contribution in [3.8, 4) is 23.2 Å². The van der Waals surface area contributed by atoms with Crippen LogP contribution in [0.3, 0.4) is 0 Å². The van der Waals surface area contributed by atoms with E-state index in [-0.39, 0.29) is 34.5 Å². The number of hydrogen-bond acceptors (Lipinski definition) is 7. The van der Waals surface area contributed by atoms with E-state index in [9.17, 15) is 14.4 Å². The number of aromatic nitrogens is 4. The molecule has 2 amide bonds. The number of nitrogens with two attached hydrogens (primary N) is 1. The van der Waals surface area contributed by atoms with E-state index in [0.29, 0.717) is 11.3 Å². The summed E-state index contributed by atoms with van der Waals surface area (Å²) >= 11 is 0. The summed E-state index contributed by atoms with van der Waals surface area (Å²) in [6, 6.07) is 5.29. The highest BCUT2D eigenvalue weighted by Gasteiger charge is 2.25. The molecule has 4 rings (SSSR count). The standard InChI is InChI=1S/C18H15FN8O2/c1-8-10-5-9(19)3-4-11(10)24-18(28)25-16-14(13(6-20)27(2)26-16)12-7-22-15(21)17(23-12)29-8/h3-5,7-8H,1-2H3,(H2,21,22)(H2,24,25,26,28). The lowest BCUT2D eigenvalue weighted by atomic mass is 10.1. The molecule has 1 unspecified atom stereocenters. The summed E-state index contributed by atoms with van der Waals surface area (Å²) < 4.78 is 21.0. The van der Waals surface area contributed by atoms with E-state index < -0.39 is 18.0 Å². The third kappa shape index (κ3) is 3.16.